The molecule has 2 N–H and O–H groups in total. The topological polar surface area (TPSA) is 41.5 Å². The smallest absolute Gasteiger partial charge is 0.0462 e. The highest BCUT2D eigenvalue weighted by molar-refractivity contribution is 4.49. The Morgan fingerprint density at radius 3 is 2.21 bits per heavy atom. The minimum atomic E-state index is 0.338. The maximum Gasteiger partial charge on any atom is 0.0462 e. The van der Waals surface area contributed by atoms with E-state index >= 15 is 0 Å². The van der Waals surface area contributed by atoms with Gasteiger partial charge in [0.2, 0.25) is 0 Å². The van der Waals surface area contributed by atoms with Gasteiger partial charge in [0.15, 0.2) is 0 Å². The van der Waals surface area contributed by atoms with Gasteiger partial charge in [0.05, 0.1) is 0 Å². The molecule has 0 aliphatic rings. The molecule has 0 unspecified atom stereocenters. The molecule has 0 aliphatic heterocycles. The molecule has 0 saturated carbocycles. The van der Waals surface area contributed by atoms with Crippen LogP contribution in [0.15, 0.2) is 0 Å². The van der Waals surface area contributed by atoms with Crippen molar-refractivity contribution in [3.63, 3.8) is 0 Å². The van der Waals surface area contributed by atoms with Gasteiger partial charge in [0, 0.05) is 20.3 Å². The molecular weight excluding hydrogens is 178 g/mol. The zero-order valence-electron chi connectivity index (χ0n) is 9.43. The molecule has 0 aromatic heterocycles. The molecule has 0 aromatic carbocycles. The fraction of sp³-hybridized carbons (Fsp3) is 1.00. The summed E-state index contributed by atoms with van der Waals surface area (Å²) >= 11 is 0. The summed E-state index contributed by atoms with van der Waals surface area (Å²) in [6.07, 6.45) is 6.91. The molecule has 0 atom stereocenters. The van der Waals surface area contributed by atoms with Crippen molar-refractivity contribution in [3.8, 4) is 0 Å². The second-order valence-electron chi connectivity index (χ2n) is 3.59. The van der Waals surface area contributed by atoms with Gasteiger partial charge in [-0.3, -0.25) is 0 Å². The van der Waals surface area contributed by atoms with E-state index in [1.165, 1.54) is 19.3 Å². The second-order valence-corrected chi connectivity index (χ2v) is 3.59. The fourth-order valence-corrected chi connectivity index (χ4v) is 1.34. The lowest BCUT2D eigenvalue weighted by Crippen LogP contribution is -2.17. The van der Waals surface area contributed by atoms with Gasteiger partial charge in [-0.05, 0) is 38.8 Å². The van der Waals surface area contributed by atoms with Crippen LogP contribution in [-0.4, -0.2) is 38.5 Å². The van der Waals surface area contributed by atoms with Crippen LogP contribution in [0.2, 0.25) is 0 Å². The van der Waals surface area contributed by atoms with Crippen LogP contribution < -0.4 is 5.32 Å². The maximum absolute atomic E-state index is 8.56. The van der Waals surface area contributed by atoms with Crippen molar-refractivity contribution in [2.24, 2.45) is 0 Å². The van der Waals surface area contributed by atoms with Gasteiger partial charge in [-0.1, -0.05) is 12.8 Å². The Labute approximate surface area is 87.8 Å². The first kappa shape index (κ1) is 13.9. The first-order valence-corrected chi connectivity index (χ1v) is 5.72. The van der Waals surface area contributed by atoms with Crippen molar-refractivity contribution in [1.29, 1.82) is 0 Å². The number of hydrogen-bond donors (Lipinski definition) is 2. The van der Waals surface area contributed by atoms with Gasteiger partial charge in [-0.15, -0.1) is 0 Å². The lowest BCUT2D eigenvalue weighted by molar-refractivity contribution is 0.192. The number of aliphatic hydroxyl groups is 1. The molecule has 0 bridgehead atoms. The van der Waals surface area contributed by atoms with Crippen LogP contribution in [0.25, 0.3) is 0 Å². The summed E-state index contributed by atoms with van der Waals surface area (Å²) in [5.74, 6) is 0. The zero-order chi connectivity index (χ0) is 10.5. The van der Waals surface area contributed by atoms with E-state index in [1.54, 1.807) is 7.11 Å². The number of ether oxygens (including phenoxy) is 1. The van der Waals surface area contributed by atoms with Crippen LogP contribution in [0, 0.1) is 0 Å². The Balaban J connectivity index is 2.78. The zero-order valence-corrected chi connectivity index (χ0v) is 9.43. The molecule has 0 saturated heterocycles. The molecule has 0 radical (unpaired) electrons. The van der Waals surface area contributed by atoms with Crippen LogP contribution in [0.3, 0.4) is 0 Å². The standard InChI is InChI=1S/C11H25NO2/c1-14-11-7-5-9-12-8-4-2-3-6-10-13/h12-13H,2-11H2,1H3. The monoisotopic (exact) mass is 203 g/mol. The van der Waals surface area contributed by atoms with E-state index < -0.39 is 0 Å². The summed E-state index contributed by atoms with van der Waals surface area (Å²) in [4.78, 5) is 0. The first-order chi connectivity index (χ1) is 6.91. The molecule has 3 nitrogen and oxygen atoms in total. The second kappa shape index (κ2) is 12.9. The molecule has 0 rings (SSSR count). The average Bonchev–Trinajstić information content (AvgIpc) is 2.21. The highest BCUT2D eigenvalue weighted by atomic mass is 16.5. The summed E-state index contributed by atoms with van der Waals surface area (Å²) < 4.78 is 4.96. The molecule has 0 aliphatic carbocycles. The number of aliphatic hydroxyl groups excluding tert-OH is 1. The predicted molar refractivity (Wildman–Crippen MR) is 59.5 cm³/mol. The van der Waals surface area contributed by atoms with E-state index in [2.05, 4.69) is 5.32 Å². The van der Waals surface area contributed by atoms with Crippen molar-refractivity contribution in [1.82, 2.24) is 5.32 Å². The van der Waals surface area contributed by atoms with E-state index in [9.17, 15) is 0 Å². The number of nitrogens with one attached hydrogen (secondary N) is 1. The Bertz CT molecular complexity index is 87.3. The molecule has 14 heavy (non-hydrogen) atoms. The molecule has 0 spiro atoms. The Morgan fingerprint density at radius 1 is 0.929 bits per heavy atom. The van der Waals surface area contributed by atoms with E-state index in [0.29, 0.717) is 6.61 Å². The maximum atomic E-state index is 8.56. The number of hydrogen-bond acceptors (Lipinski definition) is 3. The molecule has 0 aromatic rings. The SMILES string of the molecule is COCCCCNCCCCCCO. The van der Waals surface area contributed by atoms with Gasteiger partial charge < -0.3 is 15.2 Å². The van der Waals surface area contributed by atoms with Crippen molar-refractivity contribution in [3.05, 3.63) is 0 Å². The van der Waals surface area contributed by atoms with E-state index in [-0.39, 0.29) is 0 Å². The molecule has 0 heterocycles. The summed E-state index contributed by atoms with van der Waals surface area (Å²) in [5.41, 5.74) is 0. The van der Waals surface area contributed by atoms with Crippen LogP contribution in [0.4, 0.5) is 0 Å². The van der Waals surface area contributed by atoms with Crippen LogP contribution in [-0.2, 0) is 4.74 Å². The van der Waals surface area contributed by atoms with Crippen molar-refractivity contribution < 1.29 is 9.84 Å². The highest BCUT2D eigenvalue weighted by Gasteiger charge is 1.90. The largest absolute Gasteiger partial charge is 0.396 e. The summed E-state index contributed by atoms with van der Waals surface area (Å²) in [6.45, 7) is 3.42. The van der Waals surface area contributed by atoms with Gasteiger partial charge in [-0.2, -0.15) is 0 Å². The Morgan fingerprint density at radius 2 is 1.57 bits per heavy atom. The van der Waals surface area contributed by atoms with E-state index in [1.807, 2.05) is 0 Å². The molecule has 0 fully saturated rings. The average molecular weight is 203 g/mol. The van der Waals surface area contributed by atoms with Crippen LogP contribution in [0.1, 0.15) is 38.5 Å². The first-order valence-electron chi connectivity index (χ1n) is 5.72. The summed E-state index contributed by atoms with van der Waals surface area (Å²) in [7, 11) is 1.74. The van der Waals surface area contributed by atoms with Gasteiger partial charge in [0.1, 0.15) is 0 Å². The predicted octanol–water partition coefficient (Wildman–Crippen LogP) is 1.56. The van der Waals surface area contributed by atoms with Crippen molar-refractivity contribution in [2.45, 2.75) is 38.5 Å². The van der Waals surface area contributed by atoms with Crippen LogP contribution in [0.5, 0.6) is 0 Å². The molecule has 0 amide bonds. The minimum absolute atomic E-state index is 0.338. The molecular formula is C11H25NO2. The quantitative estimate of drug-likeness (QED) is 0.501. The van der Waals surface area contributed by atoms with Crippen LogP contribution >= 0.6 is 0 Å². The molecule has 3 heteroatoms. The third-order valence-corrected chi connectivity index (χ3v) is 2.21. The normalized spacial score (nSPS) is 10.7. The third kappa shape index (κ3) is 11.9. The van der Waals surface area contributed by atoms with Gasteiger partial charge >= 0.3 is 0 Å². The molecule has 86 valence electrons. The number of rotatable bonds is 11. The summed E-state index contributed by atoms with van der Waals surface area (Å²) in [5, 5.41) is 12.0. The lowest BCUT2D eigenvalue weighted by Gasteiger charge is -2.04. The van der Waals surface area contributed by atoms with Gasteiger partial charge in [-0.25, -0.2) is 0 Å². The van der Waals surface area contributed by atoms with Gasteiger partial charge in [0.25, 0.3) is 0 Å². The van der Waals surface area contributed by atoms with E-state index in [0.717, 1.165) is 39.0 Å². The third-order valence-electron chi connectivity index (χ3n) is 2.21. The fourth-order valence-electron chi connectivity index (χ4n) is 1.34. The number of unbranched alkanes of at least 4 members (excludes halogenated alkanes) is 4. The van der Waals surface area contributed by atoms with E-state index in [4.69, 9.17) is 9.84 Å². The Kier molecular flexibility index (Phi) is 12.8. The summed E-state index contributed by atoms with van der Waals surface area (Å²) in [6, 6.07) is 0. The Hall–Kier alpha value is -0.120. The van der Waals surface area contributed by atoms with Crippen molar-refractivity contribution >= 4 is 0 Å². The highest BCUT2D eigenvalue weighted by Crippen LogP contribution is 1.97. The lowest BCUT2D eigenvalue weighted by atomic mass is 10.2. The van der Waals surface area contributed by atoms with Crippen molar-refractivity contribution in [2.75, 3.05) is 33.4 Å². The number of methoxy groups -OCH3 is 1. The minimum Gasteiger partial charge on any atom is -0.396 e.